The van der Waals surface area contributed by atoms with Crippen LogP contribution in [0.15, 0.2) is 60.9 Å². The van der Waals surface area contributed by atoms with E-state index in [9.17, 15) is 9.59 Å². The summed E-state index contributed by atoms with van der Waals surface area (Å²) in [4.78, 5) is 31.8. The number of ether oxygens (including phenoxy) is 1. The minimum absolute atomic E-state index is 0.187. The molecule has 0 aliphatic rings. The lowest BCUT2D eigenvalue weighted by atomic mass is 10.2. The van der Waals surface area contributed by atoms with Crippen molar-refractivity contribution >= 4 is 34.7 Å². The molecule has 0 atom stereocenters. The summed E-state index contributed by atoms with van der Waals surface area (Å²) in [5.41, 5.74) is 2.14. The van der Waals surface area contributed by atoms with Gasteiger partial charge in [-0.2, -0.15) is 0 Å². The second-order valence-corrected chi connectivity index (χ2v) is 5.86. The van der Waals surface area contributed by atoms with Crippen molar-refractivity contribution in [1.29, 1.82) is 0 Å². The third kappa shape index (κ3) is 5.04. The fourth-order valence-electron chi connectivity index (χ4n) is 2.45. The first kappa shape index (κ1) is 18.8. The van der Waals surface area contributed by atoms with E-state index < -0.39 is 0 Å². The number of amides is 2. The average molecular weight is 377 g/mol. The van der Waals surface area contributed by atoms with Gasteiger partial charge in [-0.1, -0.05) is 6.07 Å². The number of nitrogens with one attached hydrogen (secondary N) is 3. The predicted octanol–water partition coefficient (Wildman–Crippen LogP) is 3.44. The third-order valence-electron chi connectivity index (χ3n) is 3.70. The Morgan fingerprint density at radius 1 is 0.893 bits per heavy atom. The van der Waals surface area contributed by atoms with E-state index in [0.29, 0.717) is 17.2 Å². The highest BCUT2D eigenvalue weighted by Crippen LogP contribution is 2.19. The summed E-state index contributed by atoms with van der Waals surface area (Å²) in [6.45, 7) is 1.42. The van der Waals surface area contributed by atoms with Gasteiger partial charge in [-0.05, 0) is 42.5 Å². The zero-order chi connectivity index (χ0) is 19.9. The van der Waals surface area contributed by atoms with Gasteiger partial charge < -0.3 is 20.7 Å². The Morgan fingerprint density at radius 3 is 2.29 bits per heavy atom. The predicted molar refractivity (Wildman–Crippen MR) is 107 cm³/mol. The second-order valence-electron chi connectivity index (χ2n) is 5.86. The molecule has 0 bridgehead atoms. The number of hydrogen-bond acceptors (Lipinski definition) is 6. The highest BCUT2D eigenvalue weighted by atomic mass is 16.5. The van der Waals surface area contributed by atoms with E-state index in [0.717, 1.165) is 11.4 Å². The smallest absolute Gasteiger partial charge is 0.274 e. The number of anilines is 4. The zero-order valence-corrected chi connectivity index (χ0v) is 15.4. The van der Waals surface area contributed by atoms with Crippen molar-refractivity contribution in [3.05, 3.63) is 66.6 Å². The van der Waals surface area contributed by atoms with E-state index in [1.807, 2.05) is 24.3 Å². The van der Waals surface area contributed by atoms with Gasteiger partial charge in [-0.3, -0.25) is 9.59 Å². The van der Waals surface area contributed by atoms with E-state index in [-0.39, 0.29) is 17.5 Å². The van der Waals surface area contributed by atoms with Gasteiger partial charge in [0.15, 0.2) is 0 Å². The number of benzene rings is 2. The highest BCUT2D eigenvalue weighted by Gasteiger charge is 2.10. The SMILES string of the molecule is COc1ccc(Nc2cc(C(=O)Nc3cccc(NC(C)=O)c3)ncn2)cc1. The van der Waals surface area contributed by atoms with Crippen molar-refractivity contribution < 1.29 is 14.3 Å². The Bertz CT molecular complexity index is 989. The Labute approximate surface area is 162 Å². The molecule has 142 valence electrons. The van der Waals surface area contributed by atoms with Gasteiger partial charge in [-0.25, -0.2) is 9.97 Å². The maximum atomic E-state index is 12.5. The fourth-order valence-corrected chi connectivity index (χ4v) is 2.45. The normalized spacial score (nSPS) is 10.1. The van der Waals surface area contributed by atoms with Gasteiger partial charge >= 0.3 is 0 Å². The summed E-state index contributed by atoms with van der Waals surface area (Å²) in [7, 11) is 1.60. The molecule has 1 aromatic heterocycles. The first-order chi connectivity index (χ1) is 13.5. The summed E-state index contributed by atoms with van der Waals surface area (Å²) in [6, 6.07) is 15.7. The van der Waals surface area contributed by atoms with E-state index in [2.05, 4.69) is 25.9 Å². The van der Waals surface area contributed by atoms with Crippen LogP contribution < -0.4 is 20.7 Å². The van der Waals surface area contributed by atoms with Crippen molar-refractivity contribution in [2.75, 3.05) is 23.1 Å². The molecule has 0 spiro atoms. The van der Waals surface area contributed by atoms with Crippen LogP contribution in [0.4, 0.5) is 22.9 Å². The monoisotopic (exact) mass is 377 g/mol. The van der Waals surface area contributed by atoms with Crippen LogP contribution in [0.1, 0.15) is 17.4 Å². The molecule has 1 heterocycles. The Kier molecular flexibility index (Phi) is 5.81. The van der Waals surface area contributed by atoms with Crippen molar-refractivity contribution in [2.24, 2.45) is 0 Å². The van der Waals surface area contributed by atoms with E-state index in [1.165, 1.54) is 13.3 Å². The molecule has 8 nitrogen and oxygen atoms in total. The number of nitrogens with zero attached hydrogens (tertiary/aromatic N) is 2. The van der Waals surface area contributed by atoms with Gasteiger partial charge in [0.2, 0.25) is 5.91 Å². The second kappa shape index (κ2) is 8.63. The van der Waals surface area contributed by atoms with Crippen LogP contribution >= 0.6 is 0 Å². The molecule has 0 aliphatic carbocycles. The fraction of sp³-hybridized carbons (Fsp3) is 0.100. The molecular weight excluding hydrogens is 358 g/mol. The number of methoxy groups -OCH3 is 1. The summed E-state index contributed by atoms with van der Waals surface area (Å²) >= 11 is 0. The van der Waals surface area contributed by atoms with Gasteiger partial charge in [0.25, 0.3) is 5.91 Å². The van der Waals surface area contributed by atoms with Crippen LogP contribution in [0.3, 0.4) is 0 Å². The van der Waals surface area contributed by atoms with Crippen LogP contribution in [0.2, 0.25) is 0 Å². The largest absolute Gasteiger partial charge is 0.497 e. The molecular formula is C20H19N5O3. The van der Waals surface area contributed by atoms with Gasteiger partial charge in [-0.15, -0.1) is 0 Å². The van der Waals surface area contributed by atoms with E-state index in [4.69, 9.17) is 4.74 Å². The third-order valence-corrected chi connectivity index (χ3v) is 3.70. The molecule has 3 N–H and O–H groups in total. The maximum absolute atomic E-state index is 12.5. The number of hydrogen-bond donors (Lipinski definition) is 3. The Morgan fingerprint density at radius 2 is 1.61 bits per heavy atom. The summed E-state index contributed by atoms with van der Waals surface area (Å²) < 4.78 is 5.13. The minimum Gasteiger partial charge on any atom is -0.497 e. The van der Waals surface area contributed by atoms with Crippen LogP contribution in [0.5, 0.6) is 5.75 Å². The molecule has 2 amide bonds. The van der Waals surface area contributed by atoms with Crippen LogP contribution in [0.25, 0.3) is 0 Å². The van der Waals surface area contributed by atoms with Crippen molar-refractivity contribution in [1.82, 2.24) is 9.97 Å². The molecule has 0 fully saturated rings. The minimum atomic E-state index is -0.389. The summed E-state index contributed by atoms with van der Waals surface area (Å²) in [5, 5.41) is 8.53. The molecule has 3 aromatic rings. The topological polar surface area (TPSA) is 105 Å². The number of aromatic nitrogens is 2. The van der Waals surface area contributed by atoms with Crippen molar-refractivity contribution in [3.63, 3.8) is 0 Å². The van der Waals surface area contributed by atoms with Gasteiger partial charge in [0.05, 0.1) is 7.11 Å². The molecule has 0 saturated carbocycles. The number of carbonyl (C=O) groups excluding carboxylic acids is 2. The highest BCUT2D eigenvalue weighted by molar-refractivity contribution is 6.03. The Balaban J connectivity index is 1.70. The Hall–Kier alpha value is -3.94. The van der Waals surface area contributed by atoms with E-state index in [1.54, 1.807) is 37.4 Å². The summed E-state index contributed by atoms with van der Waals surface area (Å²) in [6.07, 6.45) is 1.31. The van der Waals surface area contributed by atoms with Crippen molar-refractivity contribution in [2.45, 2.75) is 6.92 Å². The van der Waals surface area contributed by atoms with Gasteiger partial charge in [0.1, 0.15) is 23.6 Å². The lowest BCUT2D eigenvalue weighted by Gasteiger charge is -2.09. The lowest BCUT2D eigenvalue weighted by molar-refractivity contribution is -0.114. The molecule has 3 rings (SSSR count). The number of carbonyl (C=O) groups is 2. The quantitative estimate of drug-likeness (QED) is 0.608. The van der Waals surface area contributed by atoms with Gasteiger partial charge in [0, 0.05) is 30.1 Å². The molecule has 2 aromatic carbocycles. The average Bonchev–Trinajstić information content (AvgIpc) is 2.68. The zero-order valence-electron chi connectivity index (χ0n) is 15.4. The molecule has 0 aliphatic heterocycles. The first-order valence-electron chi connectivity index (χ1n) is 8.45. The molecule has 0 unspecified atom stereocenters. The first-order valence-corrected chi connectivity index (χ1v) is 8.45. The van der Waals surface area contributed by atoms with Crippen LogP contribution in [-0.4, -0.2) is 28.9 Å². The molecule has 28 heavy (non-hydrogen) atoms. The van der Waals surface area contributed by atoms with Crippen LogP contribution in [0, 0.1) is 0 Å². The van der Waals surface area contributed by atoms with E-state index >= 15 is 0 Å². The maximum Gasteiger partial charge on any atom is 0.274 e. The standard InChI is InChI=1S/C20H19N5O3/c1-13(26)23-15-4-3-5-16(10-15)25-20(27)18-11-19(22-12-21-18)24-14-6-8-17(28-2)9-7-14/h3-12H,1-2H3,(H,23,26)(H,25,27)(H,21,22,24). The number of rotatable bonds is 6. The molecule has 8 heteroatoms. The lowest BCUT2D eigenvalue weighted by Crippen LogP contribution is -2.14. The molecule has 0 radical (unpaired) electrons. The van der Waals surface area contributed by atoms with Crippen molar-refractivity contribution in [3.8, 4) is 5.75 Å². The molecule has 0 saturated heterocycles. The summed E-state index contributed by atoms with van der Waals surface area (Å²) in [5.74, 6) is 0.654. The van der Waals surface area contributed by atoms with Crippen LogP contribution in [-0.2, 0) is 4.79 Å².